The molecule has 0 aliphatic carbocycles. The topological polar surface area (TPSA) is 35.5 Å². The first-order valence-corrected chi connectivity index (χ1v) is 4.91. The number of carbonyl (C=O) groups is 1. The monoisotopic (exact) mass is 218 g/mol. The van der Waals surface area contributed by atoms with Crippen molar-refractivity contribution in [1.29, 1.82) is 0 Å². The molecule has 1 rings (SSSR count). The number of terminal acetylenes is 1. The fourth-order valence-corrected chi connectivity index (χ4v) is 1.35. The first kappa shape index (κ1) is 12.1. The normalized spacial score (nSPS) is 11.4. The molecule has 0 N–H and O–H groups in total. The molecule has 1 aromatic rings. The van der Waals surface area contributed by atoms with Gasteiger partial charge < -0.3 is 9.47 Å². The Morgan fingerprint density at radius 3 is 2.56 bits per heavy atom. The maximum atomic E-state index is 11.5. The van der Waals surface area contributed by atoms with Crippen molar-refractivity contribution in [3.8, 4) is 23.8 Å². The van der Waals surface area contributed by atoms with Gasteiger partial charge in [-0.1, -0.05) is 12.0 Å². The van der Waals surface area contributed by atoms with Gasteiger partial charge in [-0.25, -0.2) is 0 Å². The number of hydrogen-bond donors (Lipinski definition) is 0. The van der Waals surface area contributed by atoms with Gasteiger partial charge in [-0.05, 0) is 26.0 Å². The van der Waals surface area contributed by atoms with Crippen LogP contribution in [-0.4, -0.2) is 19.0 Å². The highest BCUT2D eigenvalue weighted by Gasteiger charge is 2.15. The van der Waals surface area contributed by atoms with E-state index in [-0.39, 0.29) is 11.9 Å². The number of hydrogen-bond acceptors (Lipinski definition) is 3. The Kier molecular flexibility index (Phi) is 3.96. The van der Waals surface area contributed by atoms with Gasteiger partial charge in [0.25, 0.3) is 0 Å². The van der Waals surface area contributed by atoms with E-state index in [1.54, 1.807) is 25.1 Å². The third-order valence-electron chi connectivity index (χ3n) is 2.10. The Morgan fingerprint density at radius 1 is 1.44 bits per heavy atom. The van der Waals surface area contributed by atoms with E-state index in [2.05, 4.69) is 5.92 Å². The van der Waals surface area contributed by atoms with E-state index in [9.17, 15) is 4.79 Å². The third-order valence-corrected chi connectivity index (χ3v) is 2.10. The van der Waals surface area contributed by atoms with Crippen molar-refractivity contribution >= 4 is 5.78 Å². The first-order valence-electron chi connectivity index (χ1n) is 4.91. The molecule has 3 nitrogen and oxygen atoms in total. The molecule has 1 atom stereocenters. The van der Waals surface area contributed by atoms with E-state index in [1.165, 1.54) is 14.0 Å². The van der Waals surface area contributed by atoms with Gasteiger partial charge >= 0.3 is 0 Å². The van der Waals surface area contributed by atoms with Crippen molar-refractivity contribution in [2.45, 2.75) is 20.0 Å². The molecular formula is C13H14O3. The number of Topliss-reactive ketones (excluding diaryl/α,β-unsaturated/α-hetero) is 1. The second kappa shape index (κ2) is 5.22. The van der Waals surface area contributed by atoms with Crippen LogP contribution in [0.1, 0.15) is 24.2 Å². The Balaban J connectivity index is 3.18. The lowest BCUT2D eigenvalue weighted by molar-refractivity contribution is 0.101. The zero-order valence-corrected chi connectivity index (χ0v) is 9.61. The van der Waals surface area contributed by atoms with Crippen molar-refractivity contribution in [3.63, 3.8) is 0 Å². The number of ketones is 1. The van der Waals surface area contributed by atoms with Crippen LogP contribution in [-0.2, 0) is 0 Å². The minimum atomic E-state index is -0.384. The molecule has 0 fully saturated rings. The Hall–Kier alpha value is -1.95. The van der Waals surface area contributed by atoms with Crippen molar-refractivity contribution in [1.82, 2.24) is 0 Å². The lowest BCUT2D eigenvalue weighted by Gasteiger charge is -2.14. The molecule has 0 aromatic heterocycles. The summed E-state index contributed by atoms with van der Waals surface area (Å²) in [6.07, 6.45) is 4.84. The molecule has 0 aliphatic rings. The molecule has 16 heavy (non-hydrogen) atoms. The smallest absolute Gasteiger partial charge is 0.167 e. The molecule has 0 aliphatic heterocycles. The molecule has 0 saturated heterocycles. The van der Waals surface area contributed by atoms with E-state index < -0.39 is 0 Å². The number of methoxy groups -OCH3 is 1. The minimum Gasteiger partial charge on any atom is -0.496 e. The standard InChI is InChI=1S/C13H14O3/c1-5-9(2)16-12-8-6-7-11(15-4)13(12)10(3)14/h1,6-9H,2-4H3. The van der Waals surface area contributed by atoms with Crippen LogP contribution in [0.25, 0.3) is 0 Å². The van der Waals surface area contributed by atoms with Gasteiger partial charge in [0.05, 0.1) is 7.11 Å². The predicted molar refractivity (Wildman–Crippen MR) is 61.9 cm³/mol. The highest BCUT2D eigenvalue weighted by atomic mass is 16.5. The zero-order valence-electron chi connectivity index (χ0n) is 9.61. The van der Waals surface area contributed by atoms with Crippen LogP contribution in [0.15, 0.2) is 18.2 Å². The SMILES string of the molecule is C#CC(C)Oc1cccc(OC)c1C(C)=O. The van der Waals surface area contributed by atoms with Crippen molar-refractivity contribution in [3.05, 3.63) is 23.8 Å². The molecule has 84 valence electrons. The van der Waals surface area contributed by atoms with Crippen LogP contribution in [0, 0.1) is 12.3 Å². The molecular weight excluding hydrogens is 204 g/mol. The summed E-state index contributed by atoms with van der Waals surface area (Å²) < 4.78 is 10.6. The average molecular weight is 218 g/mol. The second-order valence-electron chi connectivity index (χ2n) is 3.32. The average Bonchev–Trinajstić information content (AvgIpc) is 2.28. The van der Waals surface area contributed by atoms with Crippen LogP contribution >= 0.6 is 0 Å². The van der Waals surface area contributed by atoms with Gasteiger partial charge in [0.2, 0.25) is 0 Å². The highest BCUT2D eigenvalue weighted by molar-refractivity contribution is 5.99. The second-order valence-corrected chi connectivity index (χ2v) is 3.32. The molecule has 0 saturated carbocycles. The third kappa shape index (κ3) is 2.54. The van der Waals surface area contributed by atoms with E-state index in [0.717, 1.165) is 0 Å². The van der Waals surface area contributed by atoms with Crippen LogP contribution in [0.4, 0.5) is 0 Å². The Morgan fingerprint density at radius 2 is 2.06 bits per heavy atom. The van der Waals surface area contributed by atoms with Crippen LogP contribution in [0.2, 0.25) is 0 Å². The van der Waals surface area contributed by atoms with Crippen LogP contribution in [0.3, 0.4) is 0 Å². The van der Waals surface area contributed by atoms with E-state index in [0.29, 0.717) is 17.1 Å². The number of carbonyl (C=O) groups excluding carboxylic acids is 1. The number of ether oxygens (including phenoxy) is 2. The largest absolute Gasteiger partial charge is 0.496 e. The molecule has 3 heteroatoms. The molecule has 1 aromatic carbocycles. The molecule has 0 radical (unpaired) electrons. The molecule has 0 amide bonds. The minimum absolute atomic E-state index is 0.114. The Bertz CT molecular complexity index is 429. The maximum absolute atomic E-state index is 11.5. The van der Waals surface area contributed by atoms with E-state index >= 15 is 0 Å². The molecule has 0 bridgehead atoms. The summed E-state index contributed by atoms with van der Waals surface area (Å²) in [6, 6.07) is 5.17. The lowest BCUT2D eigenvalue weighted by Crippen LogP contribution is -2.11. The number of rotatable bonds is 4. The summed E-state index contributed by atoms with van der Waals surface area (Å²) in [4.78, 5) is 11.5. The quantitative estimate of drug-likeness (QED) is 0.574. The van der Waals surface area contributed by atoms with Gasteiger partial charge in [0, 0.05) is 0 Å². The molecule has 0 heterocycles. The van der Waals surface area contributed by atoms with Crippen molar-refractivity contribution in [2.24, 2.45) is 0 Å². The van der Waals surface area contributed by atoms with Gasteiger partial charge in [0.15, 0.2) is 11.9 Å². The lowest BCUT2D eigenvalue weighted by atomic mass is 10.1. The fraction of sp³-hybridized carbons (Fsp3) is 0.308. The van der Waals surface area contributed by atoms with E-state index in [4.69, 9.17) is 15.9 Å². The summed E-state index contributed by atoms with van der Waals surface area (Å²) >= 11 is 0. The zero-order chi connectivity index (χ0) is 12.1. The molecule has 0 spiro atoms. The van der Waals surface area contributed by atoms with Gasteiger partial charge in [-0.2, -0.15) is 0 Å². The van der Waals surface area contributed by atoms with E-state index in [1.807, 2.05) is 0 Å². The van der Waals surface area contributed by atoms with Crippen molar-refractivity contribution in [2.75, 3.05) is 7.11 Å². The Labute approximate surface area is 95.4 Å². The first-order chi connectivity index (χ1) is 7.60. The highest BCUT2D eigenvalue weighted by Crippen LogP contribution is 2.29. The van der Waals surface area contributed by atoms with Gasteiger partial charge in [-0.3, -0.25) is 4.79 Å². The van der Waals surface area contributed by atoms with Crippen LogP contribution < -0.4 is 9.47 Å². The summed E-state index contributed by atoms with van der Waals surface area (Å²) in [7, 11) is 1.51. The van der Waals surface area contributed by atoms with Gasteiger partial charge in [-0.15, -0.1) is 6.42 Å². The van der Waals surface area contributed by atoms with Crippen LogP contribution in [0.5, 0.6) is 11.5 Å². The summed E-state index contributed by atoms with van der Waals surface area (Å²) in [5, 5.41) is 0. The summed E-state index contributed by atoms with van der Waals surface area (Å²) in [6.45, 7) is 3.20. The predicted octanol–water partition coefficient (Wildman–Crippen LogP) is 2.30. The number of benzene rings is 1. The maximum Gasteiger partial charge on any atom is 0.167 e. The summed E-state index contributed by atoms with van der Waals surface area (Å²) in [5.74, 6) is 3.28. The summed E-state index contributed by atoms with van der Waals surface area (Å²) in [5.41, 5.74) is 0.423. The fourth-order valence-electron chi connectivity index (χ4n) is 1.35. The van der Waals surface area contributed by atoms with Crippen molar-refractivity contribution < 1.29 is 14.3 Å². The molecule has 1 unspecified atom stereocenters. The van der Waals surface area contributed by atoms with Gasteiger partial charge in [0.1, 0.15) is 17.1 Å².